The molecule has 0 amide bonds. The summed E-state index contributed by atoms with van der Waals surface area (Å²) in [5.41, 5.74) is 1.54. The zero-order valence-electron chi connectivity index (χ0n) is 15.3. The summed E-state index contributed by atoms with van der Waals surface area (Å²) in [6.45, 7) is 0.739. The minimum Gasteiger partial charge on any atom is -0.508 e. The second kappa shape index (κ2) is 6.03. The largest absolute Gasteiger partial charge is 0.508 e. The third-order valence-electron chi connectivity index (χ3n) is 5.06. The van der Waals surface area contributed by atoms with Gasteiger partial charge < -0.3 is 29.0 Å². The Balaban J connectivity index is 1.74. The molecule has 146 valence electrons. The van der Waals surface area contributed by atoms with Crippen LogP contribution in [0.1, 0.15) is 26.4 Å². The van der Waals surface area contributed by atoms with Gasteiger partial charge in [-0.2, -0.15) is 0 Å². The number of hydrogen-bond acceptors (Lipinski definition) is 7. The molecule has 2 N–H and O–H groups in total. The first kappa shape index (κ1) is 17.2. The molecule has 3 heterocycles. The van der Waals surface area contributed by atoms with Gasteiger partial charge in [-0.05, 0) is 24.3 Å². The van der Waals surface area contributed by atoms with Crippen LogP contribution in [0.2, 0.25) is 0 Å². The predicted molar refractivity (Wildman–Crippen MR) is 101 cm³/mol. The van der Waals surface area contributed by atoms with Crippen molar-refractivity contribution in [3.05, 3.63) is 52.9 Å². The number of allylic oxidation sites excluding steroid dienone is 1. The van der Waals surface area contributed by atoms with E-state index in [1.165, 1.54) is 12.1 Å². The number of phenolic OH excluding ortho intramolecular Hbond substituents is 2. The highest BCUT2D eigenvalue weighted by molar-refractivity contribution is 6.17. The summed E-state index contributed by atoms with van der Waals surface area (Å²) in [7, 11) is 1.54. The molecule has 2 aliphatic heterocycles. The molecule has 0 saturated carbocycles. The normalized spacial score (nSPS) is 16.5. The van der Waals surface area contributed by atoms with E-state index in [2.05, 4.69) is 0 Å². The molecule has 1 aromatic heterocycles. The number of carbonyl (C=O) groups excluding carboxylic acids is 2. The van der Waals surface area contributed by atoms with Gasteiger partial charge in [0.2, 0.25) is 5.78 Å². The lowest BCUT2D eigenvalue weighted by Gasteiger charge is -2.16. The standard InChI is InChI=1S/C21H15NO7/c1-27-11-2-3-14-12(8-11)13(19-21(26)28-5-4-22(14)19)9-17-20(25)18-15(24)6-10(23)7-16(18)29-17/h2-3,6-9,23-24H,4-5H2,1H3/b17-9+. The van der Waals surface area contributed by atoms with Crippen molar-refractivity contribution in [2.45, 2.75) is 6.54 Å². The van der Waals surface area contributed by atoms with Crippen LogP contribution < -0.4 is 9.47 Å². The quantitative estimate of drug-likeness (QED) is 0.509. The van der Waals surface area contributed by atoms with Gasteiger partial charge in [0.15, 0.2) is 5.76 Å². The molecule has 8 heteroatoms. The van der Waals surface area contributed by atoms with E-state index in [4.69, 9.17) is 14.2 Å². The average Bonchev–Trinajstić information content (AvgIpc) is 3.17. The molecule has 0 saturated heterocycles. The van der Waals surface area contributed by atoms with Crippen LogP contribution >= 0.6 is 0 Å². The molecular weight excluding hydrogens is 378 g/mol. The Labute approximate surface area is 164 Å². The second-order valence-electron chi connectivity index (χ2n) is 6.71. The Bertz CT molecular complexity index is 1250. The number of esters is 1. The highest BCUT2D eigenvalue weighted by atomic mass is 16.5. The number of carbonyl (C=O) groups is 2. The molecule has 0 unspecified atom stereocenters. The maximum absolute atomic E-state index is 12.8. The zero-order valence-corrected chi connectivity index (χ0v) is 15.3. The number of ketones is 1. The monoisotopic (exact) mass is 393 g/mol. The molecule has 2 aliphatic rings. The first-order chi connectivity index (χ1) is 14.0. The molecule has 2 aromatic carbocycles. The number of aromatic hydroxyl groups is 2. The van der Waals surface area contributed by atoms with Crippen LogP contribution in [-0.2, 0) is 11.3 Å². The molecule has 3 aromatic rings. The molecule has 0 radical (unpaired) electrons. The van der Waals surface area contributed by atoms with Crippen LogP contribution in [-0.4, -0.2) is 40.2 Å². The number of ether oxygens (including phenoxy) is 3. The smallest absolute Gasteiger partial charge is 0.355 e. The van der Waals surface area contributed by atoms with E-state index in [9.17, 15) is 19.8 Å². The van der Waals surface area contributed by atoms with Crippen LogP contribution in [0, 0.1) is 0 Å². The van der Waals surface area contributed by atoms with E-state index >= 15 is 0 Å². The van der Waals surface area contributed by atoms with Crippen molar-refractivity contribution in [1.82, 2.24) is 4.57 Å². The van der Waals surface area contributed by atoms with E-state index < -0.39 is 11.8 Å². The highest BCUT2D eigenvalue weighted by Gasteiger charge is 2.33. The summed E-state index contributed by atoms with van der Waals surface area (Å²) in [5, 5.41) is 20.4. The van der Waals surface area contributed by atoms with Crippen LogP contribution in [0.15, 0.2) is 36.1 Å². The molecule has 8 nitrogen and oxygen atoms in total. The first-order valence-corrected chi connectivity index (χ1v) is 8.85. The molecular formula is C21H15NO7. The van der Waals surface area contributed by atoms with E-state index in [0.29, 0.717) is 28.9 Å². The highest BCUT2D eigenvalue weighted by Crippen LogP contribution is 2.42. The maximum atomic E-state index is 12.8. The number of fused-ring (bicyclic) bond motifs is 4. The summed E-state index contributed by atoms with van der Waals surface area (Å²) in [5.74, 6) is -1.07. The van der Waals surface area contributed by atoms with Gasteiger partial charge in [-0.15, -0.1) is 0 Å². The van der Waals surface area contributed by atoms with Crippen LogP contribution in [0.3, 0.4) is 0 Å². The molecule has 29 heavy (non-hydrogen) atoms. The van der Waals surface area contributed by atoms with Gasteiger partial charge in [0.05, 0.1) is 13.7 Å². The summed E-state index contributed by atoms with van der Waals surface area (Å²) in [6.07, 6.45) is 1.46. The number of rotatable bonds is 2. The maximum Gasteiger partial charge on any atom is 0.355 e. The van der Waals surface area contributed by atoms with Crippen LogP contribution in [0.5, 0.6) is 23.0 Å². The van der Waals surface area contributed by atoms with Crippen molar-refractivity contribution in [2.24, 2.45) is 0 Å². The van der Waals surface area contributed by atoms with E-state index in [0.717, 1.165) is 11.6 Å². The van der Waals surface area contributed by atoms with Crippen LogP contribution in [0.4, 0.5) is 0 Å². The fourth-order valence-corrected chi connectivity index (χ4v) is 3.79. The van der Waals surface area contributed by atoms with E-state index in [1.54, 1.807) is 19.2 Å². The Morgan fingerprint density at radius 3 is 2.79 bits per heavy atom. The number of phenols is 2. The van der Waals surface area contributed by atoms with Gasteiger partial charge >= 0.3 is 5.97 Å². The molecule has 0 spiro atoms. The third-order valence-corrected chi connectivity index (χ3v) is 5.06. The Kier molecular flexibility index (Phi) is 3.57. The number of methoxy groups -OCH3 is 1. The minimum atomic E-state index is -0.544. The van der Waals surface area contributed by atoms with E-state index in [1.807, 2.05) is 10.6 Å². The van der Waals surface area contributed by atoms with Crippen molar-refractivity contribution < 1.29 is 34.0 Å². The Hall–Kier alpha value is -3.94. The number of cyclic esters (lactones) is 1. The Morgan fingerprint density at radius 2 is 2.00 bits per heavy atom. The predicted octanol–water partition coefficient (Wildman–Crippen LogP) is 2.85. The number of benzene rings is 2. The van der Waals surface area contributed by atoms with Crippen molar-refractivity contribution in [2.75, 3.05) is 13.7 Å². The van der Waals surface area contributed by atoms with Gasteiger partial charge in [0.1, 0.15) is 40.9 Å². The molecule has 0 bridgehead atoms. The van der Waals surface area contributed by atoms with Gasteiger partial charge in [0, 0.05) is 28.6 Å². The van der Waals surface area contributed by atoms with Gasteiger partial charge in [0.25, 0.3) is 0 Å². The molecule has 0 atom stereocenters. The Morgan fingerprint density at radius 1 is 1.17 bits per heavy atom. The van der Waals surface area contributed by atoms with Gasteiger partial charge in [-0.3, -0.25) is 4.79 Å². The lowest BCUT2D eigenvalue weighted by atomic mass is 10.1. The first-order valence-electron chi connectivity index (χ1n) is 8.85. The lowest BCUT2D eigenvalue weighted by Crippen LogP contribution is -2.23. The summed E-state index contributed by atoms with van der Waals surface area (Å²) < 4.78 is 17.9. The topological polar surface area (TPSA) is 107 Å². The third kappa shape index (κ3) is 2.46. The number of Topliss-reactive ketones (excluding diaryl/α,β-unsaturated/α-hetero) is 1. The minimum absolute atomic E-state index is 0.0356. The van der Waals surface area contributed by atoms with Crippen molar-refractivity contribution >= 4 is 28.7 Å². The SMILES string of the molecule is COc1ccc2c(c1)c(/C=C1/Oc3cc(O)cc(O)c3C1=O)c1n2CCOC1=O. The molecule has 0 aliphatic carbocycles. The average molecular weight is 393 g/mol. The number of hydrogen-bond donors (Lipinski definition) is 2. The van der Waals surface area contributed by atoms with E-state index in [-0.39, 0.29) is 35.2 Å². The fraction of sp³-hybridized carbons (Fsp3) is 0.143. The van der Waals surface area contributed by atoms with Crippen molar-refractivity contribution in [1.29, 1.82) is 0 Å². The lowest BCUT2D eigenvalue weighted by molar-refractivity contribution is 0.0425. The second-order valence-corrected chi connectivity index (χ2v) is 6.71. The number of nitrogens with zero attached hydrogens (tertiary/aromatic N) is 1. The molecule has 0 fully saturated rings. The van der Waals surface area contributed by atoms with Crippen LogP contribution in [0.25, 0.3) is 17.0 Å². The van der Waals surface area contributed by atoms with Crippen molar-refractivity contribution in [3.63, 3.8) is 0 Å². The number of aromatic nitrogens is 1. The zero-order chi connectivity index (χ0) is 20.3. The summed E-state index contributed by atoms with van der Waals surface area (Å²) in [6, 6.07) is 7.73. The van der Waals surface area contributed by atoms with Crippen molar-refractivity contribution in [3.8, 4) is 23.0 Å². The van der Waals surface area contributed by atoms with Gasteiger partial charge in [-0.1, -0.05) is 0 Å². The fourth-order valence-electron chi connectivity index (χ4n) is 3.79. The van der Waals surface area contributed by atoms with Gasteiger partial charge in [-0.25, -0.2) is 4.79 Å². The summed E-state index contributed by atoms with van der Waals surface area (Å²) in [4.78, 5) is 25.3. The molecule has 5 rings (SSSR count). The summed E-state index contributed by atoms with van der Waals surface area (Å²) >= 11 is 0.